The molecule has 0 amide bonds. The number of aryl methyl sites for hydroxylation is 2. The summed E-state index contributed by atoms with van der Waals surface area (Å²) in [5.74, 6) is 1.48. The molecule has 1 aliphatic carbocycles. The summed E-state index contributed by atoms with van der Waals surface area (Å²) in [6, 6.07) is 12.2. The van der Waals surface area contributed by atoms with Crippen LogP contribution in [0, 0.1) is 0 Å². The number of aliphatic hydroxyl groups is 2. The van der Waals surface area contributed by atoms with Crippen molar-refractivity contribution in [1.82, 2.24) is 4.90 Å². The number of rotatable bonds is 4. The van der Waals surface area contributed by atoms with Gasteiger partial charge in [-0.25, -0.2) is 0 Å². The van der Waals surface area contributed by atoms with Crippen LogP contribution in [0.4, 0.5) is 0 Å². The molecule has 2 aromatic carbocycles. The summed E-state index contributed by atoms with van der Waals surface area (Å²) in [5.41, 5.74) is 4.40. The van der Waals surface area contributed by atoms with Crippen LogP contribution in [-0.4, -0.2) is 47.5 Å². The first-order chi connectivity index (χ1) is 15.0. The van der Waals surface area contributed by atoms with E-state index in [1.165, 1.54) is 30.4 Å². The summed E-state index contributed by atoms with van der Waals surface area (Å²) in [6.45, 7) is 2.35. The van der Waals surface area contributed by atoms with Crippen molar-refractivity contribution >= 4 is 0 Å². The van der Waals surface area contributed by atoms with E-state index in [2.05, 4.69) is 23.1 Å². The normalized spacial score (nSPS) is 23.5. The highest BCUT2D eigenvalue weighted by Gasteiger charge is 2.43. The number of piperidine rings is 1. The Kier molecular flexibility index (Phi) is 5.67. The van der Waals surface area contributed by atoms with Gasteiger partial charge in [0.25, 0.3) is 0 Å². The van der Waals surface area contributed by atoms with Gasteiger partial charge in [-0.05, 0) is 67.3 Å². The van der Waals surface area contributed by atoms with Crippen molar-refractivity contribution in [2.75, 3.05) is 26.7 Å². The number of β-amino-alcohol motifs (C(OH)–C–C–N with tert-alkyl or cyclic N) is 1. The molecular formula is C26H33NO4. The Morgan fingerprint density at radius 1 is 1.10 bits per heavy atom. The molecule has 2 N–H and O–H groups in total. The summed E-state index contributed by atoms with van der Waals surface area (Å²) < 4.78 is 11.8. The van der Waals surface area contributed by atoms with Crippen molar-refractivity contribution in [1.29, 1.82) is 0 Å². The molecule has 5 heteroatoms. The average Bonchev–Trinajstić information content (AvgIpc) is 2.80. The number of hydrogen-bond donors (Lipinski definition) is 2. The van der Waals surface area contributed by atoms with Crippen molar-refractivity contribution in [3.63, 3.8) is 0 Å². The van der Waals surface area contributed by atoms with Gasteiger partial charge in [0, 0.05) is 37.7 Å². The minimum atomic E-state index is -0.512. The maximum Gasteiger partial charge on any atom is 0.129 e. The first-order valence-corrected chi connectivity index (χ1v) is 11.6. The average molecular weight is 424 g/mol. The second kappa shape index (κ2) is 8.45. The minimum absolute atomic E-state index is 0.341. The Morgan fingerprint density at radius 3 is 2.65 bits per heavy atom. The van der Waals surface area contributed by atoms with Gasteiger partial charge in [0.15, 0.2) is 0 Å². The Bertz CT molecular complexity index is 935. The SMILES string of the molecule is COc1ccc2c(c1)OC1(CCN(C[C@H](O)c3ccc4c(c3)CCCC4)CC1)C[C@H]2O. The molecule has 0 saturated carbocycles. The number of aliphatic hydroxyl groups excluding tert-OH is 2. The zero-order valence-corrected chi connectivity index (χ0v) is 18.3. The zero-order chi connectivity index (χ0) is 21.4. The van der Waals surface area contributed by atoms with Gasteiger partial charge in [-0.2, -0.15) is 0 Å². The number of methoxy groups -OCH3 is 1. The molecule has 2 aromatic rings. The first-order valence-electron chi connectivity index (χ1n) is 11.6. The van der Waals surface area contributed by atoms with E-state index in [1.807, 2.05) is 18.2 Å². The van der Waals surface area contributed by atoms with Gasteiger partial charge in [0.2, 0.25) is 0 Å². The Labute approximate surface area is 184 Å². The van der Waals surface area contributed by atoms with Crippen molar-refractivity contribution in [3.05, 3.63) is 58.7 Å². The zero-order valence-electron chi connectivity index (χ0n) is 18.3. The summed E-state index contributed by atoms with van der Waals surface area (Å²) in [7, 11) is 1.64. The van der Waals surface area contributed by atoms with Gasteiger partial charge in [-0.1, -0.05) is 18.2 Å². The Morgan fingerprint density at radius 2 is 1.87 bits per heavy atom. The van der Waals surface area contributed by atoms with E-state index in [0.717, 1.165) is 55.0 Å². The molecule has 3 aliphatic rings. The number of hydrogen-bond acceptors (Lipinski definition) is 5. The second-order valence-corrected chi connectivity index (χ2v) is 9.46. The number of ether oxygens (including phenoxy) is 2. The van der Waals surface area contributed by atoms with Crippen LogP contribution in [0.15, 0.2) is 36.4 Å². The Balaban J connectivity index is 1.22. The third-order valence-corrected chi connectivity index (χ3v) is 7.43. The van der Waals surface area contributed by atoms with Gasteiger partial charge in [0.1, 0.15) is 17.1 Å². The van der Waals surface area contributed by atoms with Crippen LogP contribution in [0.3, 0.4) is 0 Å². The maximum absolute atomic E-state index is 10.9. The van der Waals surface area contributed by atoms with Crippen LogP contribution in [-0.2, 0) is 12.8 Å². The third kappa shape index (κ3) is 4.19. The van der Waals surface area contributed by atoms with Gasteiger partial charge in [0.05, 0.1) is 19.3 Å². The predicted octanol–water partition coefficient (Wildman–Crippen LogP) is 3.96. The van der Waals surface area contributed by atoms with Crippen LogP contribution < -0.4 is 9.47 Å². The van der Waals surface area contributed by atoms with E-state index in [0.29, 0.717) is 13.0 Å². The lowest BCUT2D eigenvalue weighted by molar-refractivity contribution is -0.0588. The fourth-order valence-electron chi connectivity index (χ4n) is 5.50. The lowest BCUT2D eigenvalue weighted by Crippen LogP contribution is -2.51. The molecule has 1 fully saturated rings. The fourth-order valence-corrected chi connectivity index (χ4v) is 5.50. The van der Waals surface area contributed by atoms with E-state index >= 15 is 0 Å². The molecule has 166 valence electrons. The lowest BCUT2D eigenvalue weighted by Gasteiger charge is -2.46. The highest BCUT2D eigenvalue weighted by molar-refractivity contribution is 5.44. The monoisotopic (exact) mass is 423 g/mol. The standard InChI is InChI=1S/C26H33NO4/c1-30-21-8-9-22-23(28)16-26(31-25(22)15-21)10-12-27(13-11-26)17-24(29)20-7-6-18-4-2-3-5-19(18)14-20/h6-9,14-15,23-24,28-29H,2-5,10-13,16-17H2,1H3/t23-,24+/m1/s1. The second-order valence-electron chi connectivity index (χ2n) is 9.46. The van der Waals surface area contributed by atoms with Crippen LogP contribution in [0.5, 0.6) is 11.5 Å². The molecule has 0 radical (unpaired) electrons. The van der Waals surface area contributed by atoms with E-state index in [9.17, 15) is 10.2 Å². The molecule has 0 aromatic heterocycles. The smallest absolute Gasteiger partial charge is 0.129 e. The molecule has 31 heavy (non-hydrogen) atoms. The third-order valence-electron chi connectivity index (χ3n) is 7.43. The van der Waals surface area contributed by atoms with E-state index in [4.69, 9.17) is 9.47 Å². The van der Waals surface area contributed by atoms with Crippen LogP contribution in [0.1, 0.15) is 66.6 Å². The summed E-state index contributed by atoms with van der Waals surface area (Å²) in [6.07, 6.45) is 6.16. The van der Waals surface area contributed by atoms with Crippen LogP contribution in [0.2, 0.25) is 0 Å². The largest absolute Gasteiger partial charge is 0.497 e. The molecule has 5 rings (SSSR count). The number of fused-ring (bicyclic) bond motifs is 2. The van der Waals surface area contributed by atoms with Crippen molar-refractivity contribution in [3.8, 4) is 11.5 Å². The first kappa shape index (κ1) is 20.8. The summed E-state index contributed by atoms with van der Waals surface area (Å²) >= 11 is 0. The molecular weight excluding hydrogens is 390 g/mol. The molecule has 2 aliphatic heterocycles. The molecule has 0 bridgehead atoms. The number of nitrogens with zero attached hydrogens (tertiary/aromatic N) is 1. The van der Waals surface area contributed by atoms with E-state index in [1.54, 1.807) is 7.11 Å². The van der Waals surface area contributed by atoms with Crippen LogP contribution >= 0.6 is 0 Å². The van der Waals surface area contributed by atoms with E-state index < -0.39 is 12.2 Å². The topological polar surface area (TPSA) is 62.2 Å². The van der Waals surface area contributed by atoms with Gasteiger partial charge in [-0.3, -0.25) is 0 Å². The molecule has 0 unspecified atom stereocenters. The van der Waals surface area contributed by atoms with Crippen LogP contribution in [0.25, 0.3) is 0 Å². The van der Waals surface area contributed by atoms with Crippen molar-refractivity contribution in [2.24, 2.45) is 0 Å². The minimum Gasteiger partial charge on any atom is -0.497 e. The van der Waals surface area contributed by atoms with Crippen molar-refractivity contribution < 1.29 is 19.7 Å². The fraction of sp³-hybridized carbons (Fsp3) is 0.538. The molecule has 2 atom stereocenters. The molecule has 1 saturated heterocycles. The predicted molar refractivity (Wildman–Crippen MR) is 120 cm³/mol. The molecule has 1 spiro atoms. The maximum atomic E-state index is 10.9. The van der Waals surface area contributed by atoms with Gasteiger partial charge in [-0.15, -0.1) is 0 Å². The highest BCUT2D eigenvalue weighted by Crippen LogP contribution is 2.45. The number of benzene rings is 2. The van der Waals surface area contributed by atoms with Gasteiger partial charge < -0.3 is 24.6 Å². The molecule has 5 nitrogen and oxygen atoms in total. The quantitative estimate of drug-likeness (QED) is 0.780. The Hall–Kier alpha value is -2.08. The highest BCUT2D eigenvalue weighted by atomic mass is 16.5. The van der Waals surface area contributed by atoms with Crippen molar-refractivity contribution in [2.45, 2.75) is 62.8 Å². The van der Waals surface area contributed by atoms with E-state index in [-0.39, 0.29) is 5.60 Å². The summed E-state index contributed by atoms with van der Waals surface area (Å²) in [4.78, 5) is 2.33. The summed E-state index contributed by atoms with van der Waals surface area (Å²) in [5, 5.41) is 21.6. The number of likely N-dealkylation sites (tertiary alicyclic amines) is 1. The lowest BCUT2D eigenvalue weighted by atomic mass is 9.81. The molecule has 2 heterocycles. The van der Waals surface area contributed by atoms with Gasteiger partial charge >= 0.3 is 0 Å².